The number of benzene rings is 2. The smallest absolute Gasteiger partial charge is 0.229 e. The molecule has 2 aromatic carbocycles. The molecule has 1 amide bonds. The molecule has 0 bridgehead atoms. The molecule has 5 rings (SSSR count). The van der Waals surface area contributed by atoms with Gasteiger partial charge in [0.2, 0.25) is 5.91 Å². The van der Waals surface area contributed by atoms with Crippen LogP contribution in [-0.2, 0) is 24.1 Å². The first kappa shape index (κ1) is 21.2. The molecule has 32 heavy (non-hydrogen) atoms. The highest BCUT2D eigenvalue weighted by atomic mass is 32.1. The molecule has 1 aliphatic carbocycles. The van der Waals surface area contributed by atoms with Crippen LogP contribution >= 0.6 is 22.7 Å². The summed E-state index contributed by atoms with van der Waals surface area (Å²) in [6.07, 6.45) is 3.64. The molecule has 0 radical (unpaired) electrons. The van der Waals surface area contributed by atoms with E-state index in [0.717, 1.165) is 50.8 Å². The average Bonchev–Trinajstić information content (AvgIpc) is 3.33. The first-order chi connectivity index (χ1) is 15.5. The van der Waals surface area contributed by atoms with Crippen LogP contribution in [0.3, 0.4) is 0 Å². The van der Waals surface area contributed by atoms with Crippen molar-refractivity contribution >= 4 is 43.8 Å². The quantitative estimate of drug-likeness (QED) is 0.361. The summed E-state index contributed by atoms with van der Waals surface area (Å²) < 4.78 is 6.52. The number of nitrogens with zero attached hydrogens (tertiary/aromatic N) is 1. The molecule has 0 aliphatic heterocycles. The second kappa shape index (κ2) is 8.68. The number of ether oxygens (including phenoxy) is 1. The number of rotatable bonds is 5. The third-order valence-electron chi connectivity index (χ3n) is 6.10. The highest BCUT2D eigenvalue weighted by molar-refractivity contribution is 7.22. The van der Waals surface area contributed by atoms with Crippen LogP contribution in [0.4, 0.5) is 5.00 Å². The van der Waals surface area contributed by atoms with E-state index in [1.807, 2.05) is 31.2 Å². The topological polar surface area (TPSA) is 51.2 Å². The van der Waals surface area contributed by atoms with Crippen LogP contribution in [0.2, 0.25) is 0 Å². The standard InChI is InChI=1S/C26H26N2O2S2/c1-15-8-10-18-22(12-15)32-26(24(18)25-27-19-6-4-5-7-21(19)31-25)28-23(29)14-17-9-11-20(30-3)16(2)13-17/h4-7,9,11,13,15H,8,10,12,14H2,1-3H3,(H,28,29). The Hall–Kier alpha value is -2.70. The SMILES string of the molecule is COc1ccc(CC(=O)Nc2sc3c(c2-c2nc4ccccc4s2)CCC(C)C3)cc1C. The summed E-state index contributed by atoms with van der Waals surface area (Å²) in [5.74, 6) is 1.52. The van der Waals surface area contributed by atoms with Crippen molar-refractivity contribution in [3.05, 3.63) is 64.0 Å². The predicted molar refractivity (Wildman–Crippen MR) is 134 cm³/mol. The van der Waals surface area contributed by atoms with Crippen molar-refractivity contribution in [3.8, 4) is 16.3 Å². The number of fused-ring (bicyclic) bond motifs is 2. The number of carbonyl (C=O) groups is 1. The van der Waals surface area contributed by atoms with Crippen LogP contribution in [0.15, 0.2) is 42.5 Å². The van der Waals surface area contributed by atoms with Crippen molar-refractivity contribution in [2.75, 3.05) is 12.4 Å². The zero-order valence-electron chi connectivity index (χ0n) is 18.5. The molecule has 2 aromatic heterocycles. The fraction of sp³-hybridized carbons (Fsp3) is 0.308. The molecule has 0 saturated carbocycles. The number of anilines is 1. The lowest BCUT2D eigenvalue weighted by atomic mass is 9.88. The molecule has 0 spiro atoms. The van der Waals surface area contributed by atoms with Gasteiger partial charge < -0.3 is 10.1 Å². The fourth-order valence-corrected chi connectivity index (χ4v) is 6.99. The van der Waals surface area contributed by atoms with Crippen LogP contribution in [-0.4, -0.2) is 18.0 Å². The second-order valence-electron chi connectivity index (χ2n) is 8.57. The number of methoxy groups -OCH3 is 1. The number of thiazole rings is 1. The maximum Gasteiger partial charge on any atom is 0.229 e. The maximum absolute atomic E-state index is 13.0. The van der Waals surface area contributed by atoms with Gasteiger partial charge in [0.15, 0.2) is 0 Å². The van der Waals surface area contributed by atoms with E-state index in [1.54, 1.807) is 29.8 Å². The molecule has 1 aliphatic rings. The number of thiophene rings is 1. The Balaban J connectivity index is 1.48. The number of amides is 1. The monoisotopic (exact) mass is 462 g/mol. The van der Waals surface area contributed by atoms with E-state index < -0.39 is 0 Å². The molecule has 1 unspecified atom stereocenters. The zero-order chi connectivity index (χ0) is 22.2. The lowest BCUT2D eigenvalue weighted by Gasteiger charge is -2.18. The van der Waals surface area contributed by atoms with E-state index in [4.69, 9.17) is 9.72 Å². The summed E-state index contributed by atoms with van der Waals surface area (Å²) in [7, 11) is 1.66. The molecule has 164 valence electrons. The molecular weight excluding hydrogens is 436 g/mol. The molecule has 0 fully saturated rings. The van der Waals surface area contributed by atoms with Gasteiger partial charge in [0.05, 0.1) is 23.7 Å². The normalized spacial score (nSPS) is 15.5. The van der Waals surface area contributed by atoms with Gasteiger partial charge in [0.1, 0.15) is 15.8 Å². The van der Waals surface area contributed by atoms with E-state index in [9.17, 15) is 4.79 Å². The number of nitrogens with one attached hydrogen (secondary N) is 1. The van der Waals surface area contributed by atoms with Gasteiger partial charge in [-0.05, 0) is 67.0 Å². The van der Waals surface area contributed by atoms with Gasteiger partial charge in [-0.15, -0.1) is 22.7 Å². The molecule has 4 aromatic rings. The van der Waals surface area contributed by atoms with Crippen LogP contribution in [0.5, 0.6) is 5.75 Å². The van der Waals surface area contributed by atoms with Gasteiger partial charge in [-0.3, -0.25) is 4.79 Å². The molecule has 1 N–H and O–H groups in total. The summed E-state index contributed by atoms with van der Waals surface area (Å²) >= 11 is 3.44. The summed E-state index contributed by atoms with van der Waals surface area (Å²) in [6.45, 7) is 4.31. The number of para-hydroxylation sites is 1. The molecular formula is C26H26N2O2S2. The Labute approximate surface area is 196 Å². The summed E-state index contributed by atoms with van der Waals surface area (Å²) in [6, 6.07) is 14.2. The zero-order valence-corrected chi connectivity index (χ0v) is 20.2. The third-order valence-corrected chi connectivity index (χ3v) is 8.32. The van der Waals surface area contributed by atoms with Crippen molar-refractivity contribution in [3.63, 3.8) is 0 Å². The van der Waals surface area contributed by atoms with E-state index in [2.05, 4.69) is 30.4 Å². The van der Waals surface area contributed by atoms with Crippen LogP contribution in [0.1, 0.15) is 34.9 Å². The number of hydrogen-bond donors (Lipinski definition) is 1. The molecule has 4 nitrogen and oxygen atoms in total. The van der Waals surface area contributed by atoms with Gasteiger partial charge in [0.25, 0.3) is 0 Å². The van der Waals surface area contributed by atoms with E-state index >= 15 is 0 Å². The lowest BCUT2D eigenvalue weighted by Crippen LogP contribution is -2.14. The first-order valence-electron chi connectivity index (χ1n) is 11.0. The van der Waals surface area contributed by atoms with Crippen molar-refractivity contribution < 1.29 is 9.53 Å². The average molecular weight is 463 g/mol. The third kappa shape index (κ3) is 4.05. The van der Waals surface area contributed by atoms with Crippen molar-refractivity contribution in [2.45, 2.75) is 39.5 Å². The van der Waals surface area contributed by atoms with E-state index in [0.29, 0.717) is 12.3 Å². The minimum absolute atomic E-state index is 0.00331. The first-order valence-corrected chi connectivity index (χ1v) is 12.6. The van der Waals surface area contributed by atoms with Gasteiger partial charge in [-0.2, -0.15) is 0 Å². The largest absolute Gasteiger partial charge is 0.496 e. The van der Waals surface area contributed by atoms with Crippen LogP contribution in [0, 0.1) is 12.8 Å². The Morgan fingerprint density at radius 3 is 2.84 bits per heavy atom. The molecule has 2 heterocycles. The van der Waals surface area contributed by atoms with Gasteiger partial charge in [0, 0.05) is 10.4 Å². The highest BCUT2D eigenvalue weighted by Gasteiger charge is 2.27. The van der Waals surface area contributed by atoms with E-state index in [-0.39, 0.29) is 5.91 Å². The number of hydrogen-bond acceptors (Lipinski definition) is 5. The Bertz CT molecular complexity index is 1270. The number of carbonyl (C=O) groups excluding carboxylic acids is 1. The fourth-order valence-electron chi connectivity index (χ4n) is 4.45. The number of aryl methyl sites for hydroxylation is 1. The van der Waals surface area contributed by atoms with Crippen molar-refractivity contribution in [2.24, 2.45) is 5.92 Å². The predicted octanol–water partition coefficient (Wildman–Crippen LogP) is 6.65. The molecule has 6 heteroatoms. The maximum atomic E-state index is 13.0. The minimum atomic E-state index is 0.00331. The van der Waals surface area contributed by atoms with Crippen LogP contribution in [0.25, 0.3) is 20.8 Å². The summed E-state index contributed by atoms with van der Waals surface area (Å²) in [5, 5.41) is 5.19. The van der Waals surface area contributed by atoms with Gasteiger partial charge in [-0.25, -0.2) is 4.98 Å². The summed E-state index contributed by atoms with van der Waals surface area (Å²) in [4.78, 5) is 19.3. The van der Waals surface area contributed by atoms with Crippen LogP contribution < -0.4 is 10.1 Å². The Morgan fingerprint density at radius 2 is 2.06 bits per heavy atom. The summed E-state index contributed by atoms with van der Waals surface area (Å²) in [5.41, 5.74) is 5.55. The van der Waals surface area contributed by atoms with Gasteiger partial charge in [-0.1, -0.05) is 31.2 Å². The van der Waals surface area contributed by atoms with Crippen molar-refractivity contribution in [1.82, 2.24) is 4.98 Å². The minimum Gasteiger partial charge on any atom is -0.496 e. The lowest BCUT2D eigenvalue weighted by molar-refractivity contribution is -0.115. The highest BCUT2D eigenvalue weighted by Crippen LogP contribution is 2.47. The second-order valence-corrected chi connectivity index (χ2v) is 10.7. The number of aromatic nitrogens is 1. The molecule has 0 saturated heterocycles. The Kier molecular flexibility index (Phi) is 5.74. The Morgan fingerprint density at radius 1 is 1.22 bits per heavy atom. The molecule has 1 atom stereocenters. The van der Waals surface area contributed by atoms with Gasteiger partial charge >= 0.3 is 0 Å². The van der Waals surface area contributed by atoms with Crippen molar-refractivity contribution in [1.29, 1.82) is 0 Å². The van der Waals surface area contributed by atoms with E-state index in [1.165, 1.54) is 21.6 Å².